The van der Waals surface area contributed by atoms with Gasteiger partial charge in [-0.15, -0.1) is 0 Å². The average molecular weight is 318 g/mol. The van der Waals surface area contributed by atoms with Gasteiger partial charge >= 0.3 is 0 Å². The van der Waals surface area contributed by atoms with Crippen LogP contribution in [0.4, 0.5) is 0 Å². The Balaban J connectivity index is 1.97. The standard InChI is InChI=1S/C17H26N4O2/c1-14(22)20-8-10-21(11-9-20)17(23)15(12-18)13-19(2)16-6-4-3-5-7-16/h13,16H,3-11H2,1-2H3/b15-13-. The molecule has 1 saturated heterocycles. The predicted octanol–water partition coefficient (Wildman–Crippen LogP) is 1.35. The fourth-order valence-corrected chi connectivity index (χ4v) is 3.32. The van der Waals surface area contributed by atoms with E-state index >= 15 is 0 Å². The van der Waals surface area contributed by atoms with Gasteiger partial charge in [-0.1, -0.05) is 19.3 Å². The highest BCUT2D eigenvalue weighted by Gasteiger charge is 2.25. The molecule has 0 N–H and O–H groups in total. The van der Waals surface area contributed by atoms with Gasteiger partial charge in [0.2, 0.25) is 5.91 Å². The average Bonchev–Trinajstić information content (AvgIpc) is 2.59. The van der Waals surface area contributed by atoms with Crippen molar-refractivity contribution in [3.8, 4) is 6.07 Å². The molecule has 1 saturated carbocycles. The van der Waals surface area contributed by atoms with E-state index in [0.29, 0.717) is 32.2 Å². The summed E-state index contributed by atoms with van der Waals surface area (Å²) >= 11 is 0. The van der Waals surface area contributed by atoms with E-state index in [2.05, 4.69) is 6.07 Å². The molecule has 0 aromatic heterocycles. The van der Waals surface area contributed by atoms with E-state index in [9.17, 15) is 14.9 Å². The number of rotatable bonds is 3. The van der Waals surface area contributed by atoms with Gasteiger partial charge in [-0.3, -0.25) is 9.59 Å². The van der Waals surface area contributed by atoms with Crippen molar-refractivity contribution in [1.82, 2.24) is 14.7 Å². The monoisotopic (exact) mass is 318 g/mol. The van der Waals surface area contributed by atoms with E-state index in [1.54, 1.807) is 16.0 Å². The largest absolute Gasteiger partial charge is 0.376 e. The first-order valence-corrected chi connectivity index (χ1v) is 8.41. The number of nitriles is 1. The van der Waals surface area contributed by atoms with E-state index in [4.69, 9.17) is 0 Å². The summed E-state index contributed by atoms with van der Waals surface area (Å²) in [6.45, 7) is 3.60. The molecule has 2 rings (SSSR count). The fraction of sp³-hybridized carbons (Fsp3) is 0.706. The quantitative estimate of drug-likeness (QED) is 0.582. The lowest BCUT2D eigenvalue weighted by atomic mass is 9.94. The molecule has 0 aromatic rings. The van der Waals surface area contributed by atoms with E-state index in [0.717, 1.165) is 12.8 Å². The van der Waals surface area contributed by atoms with E-state index in [1.165, 1.54) is 26.2 Å². The van der Waals surface area contributed by atoms with Gasteiger partial charge < -0.3 is 14.7 Å². The maximum absolute atomic E-state index is 12.5. The Kier molecular flexibility index (Phi) is 6.03. The third-order valence-corrected chi connectivity index (χ3v) is 4.85. The number of piperazine rings is 1. The van der Waals surface area contributed by atoms with Crippen LogP contribution in [0.5, 0.6) is 0 Å². The van der Waals surface area contributed by atoms with Crippen LogP contribution in [0.3, 0.4) is 0 Å². The Morgan fingerprint density at radius 2 is 1.65 bits per heavy atom. The van der Waals surface area contributed by atoms with E-state index in [-0.39, 0.29) is 17.4 Å². The van der Waals surface area contributed by atoms with Crippen LogP contribution in [0.25, 0.3) is 0 Å². The van der Waals surface area contributed by atoms with Crippen LogP contribution >= 0.6 is 0 Å². The van der Waals surface area contributed by atoms with Crippen LogP contribution in [0, 0.1) is 11.3 Å². The zero-order valence-electron chi connectivity index (χ0n) is 14.1. The molecule has 0 spiro atoms. The van der Waals surface area contributed by atoms with Gasteiger partial charge in [-0.25, -0.2) is 0 Å². The minimum absolute atomic E-state index is 0.0326. The summed E-state index contributed by atoms with van der Waals surface area (Å²) < 4.78 is 0. The summed E-state index contributed by atoms with van der Waals surface area (Å²) in [4.78, 5) is 29.3. The SMILES string of the molecule is CC(=O)N1CCN(C(=O)/C(C#N)=C\N(C)C2CCCCC2)CC1. The third-order valence-electron chi connectivity index (χ3n) is 4.85. The first-order chi connectivity index (χ1) is 11.0. The number of hydrogen-bond donors (Lipinski definition) is 0. The molecule has 2 aliphatic rings. The summed E-state index contributed by atoms with van der Waals surface area (Å²) in [6.07, 6.45) is 7.65. The van der Waals surface area contributed by atoms with Crippen molar-refractivity contribution in [2.75, 3.05) is 33.2 Å². The molecule has 1 aliphatic carbocycles. The molecule has 0 aromatic carbocycles. The van der Waals surface area contributed by atoms with Crippen LogP contribution < -0.4 is 0 Å². The van der Waals surface area contributed by atoms with Crippen molar-refractivity contribution < 1.29 is 9.59 Å². The first kappa shape index (κ1) is 17.3. The van der Waals surface area contributed by atoms with Gasteiger partial charge in [0, 0.05) is 52.4 Å². The Hall–Kier alpha value is -2.03. The van der Waals surface area contributed by atoms with E-state index < -0.39 is 0 Å². The highest BCUT2D eigenvalue weighted by molar-refractivity contribution is 5.97. The molecule has 23 heavy (non-hydrogen) atoms. The third kappa shape index (κ3) is 4.47. The molecule has 6 nitrogen and oxygen atoms in total. The van der Waals surface area contributed by atoms with Gasteiger partial charge in [-0.2, -0.15) is 5.26 Å². The number of carbonyl (C=O) groups excluding carboxylic acids is 2. The lowest BCUT2D eigenvalue weighted by Gasteiger charge is -2.34. The summed E-state index contributed by atoms with van der Waals surface area (Å²) in [5.74, 6) is -0.191. The summed E-state index contributed by atoms with van der Waals surface area (Å²) in [6, 6.07) is 2.48. The Labute approximate surface area is 138 Å². The molecular weight excluding hydrogens is 292 g/mol. The number of amides is 2. The molecule has 1 heterocycles. The predicted molar refractivity (Wildman–Crippen MR) is 87.2 cm³/mol. The molecule has 2 amide bonds. The van der Waals surface area contributed by atoms with Crippen molar-refractivity contribution >= 4 is 11.8 Å². The maximum Gasteiger partial charge on any atom is 0.266 e. The number of hydrogen-bond acceptors (Lipinski definition) is 4. The lowest BCUT2D eigenvalue weighted by Crippen LogP contribution is -2.50. The molecule has 0 bridgehead atoms. The van der Waals surface area contributed by atoms with Crippen LogP contribution in [-0.2, 0) is 9.59 Å². The second kappa shape index (κ2) is 8.00. The smallest absolute Gasteiger partial charge is 0.266 e. The van der Waals surface area contributed by atoms with Crippen molar-refractivity contribution in [3.63, 3.8) is 0 Å². The highest BCUT2D eigenvalue weighted by Crippen LogP contribution is 2.22. The van der Waals surface area contributed by atoms with Crippen molar-refractivity contribution in [2.45, 2.75) is 45.1 Å². The van der Waals surface area contributed by atoms with Gasteiger partial charge in [0.25, 0.3) is 5.91 Å². The molecule has 0 radical (unpaired) electrons. The lowest BCUT2D eigenvalue weighted by molar-refractivity contribution is -0.136. The van der Waals surface area contributed by atoms with Gasteiger partial charge in [-0.05, 0) is 12.8 Å². The Bertz CT molecular complexity index is 509. The summed E-state index contributed by atoms with van der Waals surface area (Å²) in [5, 5.41) is 9.36. The summed E-state index contributed by atoms with van der Waals surface area (Å²) in [5.41, 5.74) is 0.189. The molecule has 1 aliphatic heterocycles. The zero-order chi connectivity index (χ0) is 16.8. The maximum atomic E-state index is 12.5. The first-order valence-electron chi connectivity index (χ1n) is 8.41. The molecule has 0 atom stereocenters. The van der Waals surface area contributed by atoms with Crippen molar-refractivity contribution in [2.24, 2.45) is 0 Å². The van der Waals surface area contributed by atoms with Crippen molar-refractivity contribution in [1.29, 1.82) is 5.26 Å². The molecular formula is C17H26N4O2. The molecule has 126 valence electrons. The molecule has 6 heteroatoms. The van der Waals surface area contributed by atoms with E-state index in [1.807, 2.05) is 11.9 Å². The minimum atomic E-state index is -0.224. The van der Waals surface area contributed by atoms with Crippen LogP contribution in [0.1, 0.15) is 39.0 Å². The van der Waals surface area contributed by atoms with Crippen LogP contribution in [-0.4, -0.2) is 65.8 Å². The van der Waals surface area contributed by atoms with Crippen LogP contribution in [0.2, 0.25) is 0 Å². The van der Waals surface area contributed by atoms with Crippen molar-refractivity contribution in [3.05, 3.63) is 11.8 Å². The minimum Gasteiger partial charge on any atom is -0.376 e. The van der Waals surface area contributed by atoms with Gasteiger partial charge in [0.15, 0.2) is 0 Å². The second-order valence-electron chi connectivity index (χ2n) is 6.41. The Morgan fingerprint density at radius 3 is 2.17 bits per heavy atom. The fourth-order valence-electron chi connectivity index (χ4n) is 3.32. The Morgan fingerprint density at radius 1 is 1.09 bits per heavy atom. The molecule has 0 unspecified atom stereocenters. The number of nitrogens with zero attached hydrogens (tertiary/aromatic N) is 4. The van der Waals surface area contributed by atoms with Gasteiger partial charge in [0.05, 0.1) is 0 Å². The summed E-state index contributed by atoms with van der Waals surface area (Å²) in [7, 11) is 1.95. The highest BCUT2D eigenvalue weighted by atomic mass is 16.2. The normalized spacial score (nSPS) is 20.1. The molecule has 2 fully saturated rings. The number of carbonyl (C=O) groups is 2. The van der Waals surface area contributed by atoms with Gasteiger partial charge in [0.1, 0.15) is 11.6 Å². The second-order valence-corrected chi connectivity index (χ2v) is 6.41. The zero-order valence-corrected chi connectivity index (χ0v) is 14.1. The van der Waals surface area contributed by atoms with Crippen LogP contribution in [0.15, 0.2) is 11.8 Å². The topological polar surface area (TPSA) is 67.6 Å².